The van der Waals surface area contributed by atoms with E-state index in [2.05, 4.69) is 16.0 Å². The molecule has 2 aliphatic rings. The molecular formula is C20H12N4O2. The molecule has 1 unspecified atom stereocenters. The molecule has 0 bridgehead atoms. The van der Waals surface area contributed by atoms with E-state index in [1.54, 1.807) is 30.3 Å². The number of carbonyl (C=O) groups is 1. The highest BCUT2D eigenvalue weighted by Crippen LogP contribution is 2.37. The van der Waals surface area contributed by atoms with Gasteiger partial charge in [-0.05, 0) is 24.1 Å². The topological polar surface area (TPSA) is 113 Å². The van der Waals surface area contributed by atoms with Gasteiger partial charge in [-0.2, -0.15) is 10.5 Å². The second-order valence-electron chi connectivity index (χ2n) is 6.05. The molecule has 6 heteroatoms. The molecule has 1 aliphatic carbocycles. The van der Waals surface area contributed by atoms with E-state index in [0.717, 1.165) is 0 Å². The average Bonchev–Trinajstić information content (AvgIpc) is 3.20. The van der Waals surface area contributed by atoms with Gasteiger partial charge in [-0.15, -0.1) is 0 Å². The molecule has 2 N–H and O–H groups in total. The highest BCUT2D eigenvalue weighted by Gasteiger charge is 2.34. The van der Waals surface area contributed by atoms with E-state index >= 15 is 0 Å². The fourth-order valence-corrected chi connectivity index (χ4v) is 3.24. The number of allylic oxidation sites excluding steroid dienone is 4. The van der Waals surface area contributed by atoms with Crippen molar-refractivity contribution in [3.05, 3.63) is 70.4 Å². The number of carbonyl (C=O) groups excluding carboxylic acids is 1. The largest absolute Gasteiger partial charge is 0.494 e. The maximum absolute atomic E-state index is 12.5. The van der Waals surface area contributed by atoms with Crippen molar-refractivity contribution in [3.8, 4) is 18.0 Å². The zero-order chi connectivity index (χ0) is 18.3. The molecule has 0 saturated heterocycles. The Bertz CT molecular complexity index is 1120. The van der Waals surface area contributed by atoms with E-state index in [4.69, 9.17) is 10.5 Å². The molecule has 1 amide bonds. The minimum absolute atomic E-state index is 0.157. The predicted molar refractivity (Wildman–Crippen MR) is 94.4 cm³/mol. The molecule has 4 rings (SSSR count). The molecule has 1 aromatic heterocycles. The Balaban J connectivity index is 1.85. The van der Waals surface area contributed by atoms with Crippen molar-refractivity contribution in [1.82, 2.24) is 4.98 Å². The maximum atomic E-state index is 12.5. The summed E-state index contributed by atoms with van der Waals surface area (Å²) in [6.07, 6.45) is 6.07. The lowest BCUT2D eigenvalue weighted by molar-refractivity contribution is 0.101. The van der Waals surface area contributed by atoms with Crippen molar-refractivity contribution in [2.75, 3.05) is 0 Å². The van der Waals surface area contributed by atoms with Crippen molar-refractivity contribution >= 4 is 17.2 Å². The van der Waals surface area contributed by atoms with E-state index in [9.17, 15) is 9.90 Å². The van der Waals surface area contributed by atoms with Crippen molar-refractivity contribution in [1.29, 1.82) is 10.5 Å². The maximum Gasteiger partial charge on any atom is 0.280 e. The quantitative estimate of drug-likeness (QED) is 0.874. The van der Waals surface area contributed by atoms with Crippen LogP contribution in [0.15, 0.2) is 47.5 Å². The summed E-state index contributed by atoms with van der Waals surface area (Å²) in [5.41, 5.74) is 3.10. The van der Waals surface area contributed by atoms with Gasteiger partial charge >= 0.3 is 0 Å². The van der Waals surface area contributed by atoms with Gasteiger partial charge in [-0.25, -0.2) is 4.99 Å². The van der Waals surface area contributed by atoms with Gasteiger partial charge in [0.15, 0.2) is 5.88 Å². The molecular weight excluding hydrogens is 328 g/mol. The van der Waals surface area contributed by atoms with Crippen LogP contribution in [0.2, 0.25) is 0 Å². The first-order valence-electron chi connectivity index (χ1n) is 7.99. The number of nitriles is 2. The van der Waals surface area contributed by atoms with Gasteiger partial charge in [0.25, 0.3) is 5.91 Å². The minimum atomic E-state index is -0.461. The molecule has 6 nitrogen and oxygen atoms in total. The smallest absolute Gasteiger partial charge is 0.280 e. The number of nitrogens with one attached hydrogen (secondary N) is 1. The molecule has 0 spiro atoms. The summed E-state index contributed by atoms with van der Waals surface area (Å²) < 4.78 is 0. The number of hydrogen-bond donors (Lipinski definition) is 2. The molecule has 1 aromatic carbocycles. The second-order valence-corrected chi connectivity index (χ2v) is 6.05. The summed E-state index contributed by atoms with van der Waals surface area (Å²) >= 11 is 0. The number of rotatable bonds is 2. The van der Waals surface area contributed by atoms with Gasteiger partial charge in [-0.3, -0.25) is 4.79 Å². The first-order chi connectivity index (χ1) is 12.6. The highest BCUT2D eigenvalue weighted by molar-refractivity contribution is 6.30. The van der Waals surface area contributed by atoms with Crippen LogP contribution in [-0.2, 0) is 0 Å². The Morgan fingerprint density at radius 2 is 2.12 bits per heavy atom. The normalized spacial score (nSPS) is 17.9. The van der Waals surface area contributed by atoms with Crippen molar-refractivity contribution in [3.63, 3.8) is 0 Å². The monoisotopic (exact) mass is 340 g/mol. The van der Waals surface area contributed by atoms with E-state index in [-0.39, 0.29) is 17.4 Å². The number of hydrogen-bond acceptors (Lipinski definition) is 4. The van der Waals surface area contributed by atoms with Crippen molar-refractivity contribution in [2.24, 2.45) is 10.9 Å². The Hall–Kier alpha value is -3.90. The van der Waals surface area contributed by atoms with Crippen LogP contribution in [-0.4, -0.2) is 21.7 Å². The third-order valence-electron chi connectivity index (χ3n) is 4.43. The van der Waals surface area contributed by atoms with Gasteiger partial charge in [0.05, 0.1) is 46.2 Å². The first kappa shape index (κ1) is 15.6. The van der Waals surface area contributed by atoms with Gasteiger partial charge in [0, 0.05) is 5.56 Å². The number of aromatic nitrogens is 1. The molecule has 0 fully saturated rings. The summed E-state index contributed by atoms with van der Waals surface area (Å²) in [4.78, 5) is 19.5. The molecule has 1 atom stereocenters. The number of nitrogens with zero attached hydrogens (tertiary/aromatic N) is 3. The molecule has 0 radical (unpaired) electrons. The van der Waals surface area contributed by atoms with Crippen LogP contribution in [0.3, 0.4) is 0 Å². The van der Waals surface area contributed by atoms with Crippen molar-refractivity contribution < 1.29 is 9.90 Å². The van der Waals surface area contributed by atoms with Gasteiger partial charge in [0.1, 0.15) is 0 Å². The van der Waals surface area contributed by atoms with Crippen LogP contribution in [0.4, 0.5) is 0 Å². The van der Waals surface area contributed by atoms with Crippen LogP contribution in [0.1, 0.15) is 39.2 Å². The van der Waals surface area contributed by atoms with Crippen LogP contribution in [0.25, 0.3) is 5.57 Å². The highest BCUT2D eigenvalue weighted by atomic mass is 16.3. The van der Waals surface area contributed by atoms with E-state index < -0.39 is 5.91 Å². The Morgan fingerprint density at radius 1 is 1.27 bits per heavy atom. The van der Waals surface area contributed by atoms with Crippen LogP contribution >= 0.6 is 0 Å². The zero-order valence-electron chi connectivity index (χ0n) is 13.5. The molecule has 0 saturated carbocycles. The van der Waals surface area contributed by atoms with Gasteiger partial charge in [-0.1, -0.05) is 30.4 Å². The SMILES string of the molecule is N#Cc1cccc(C2=NC(=O)c3c(C4=CC(C#N)CC=C4)[nH]c(O)c32)c1. The van der Waals surface area contributed by atoms with Gasteiger partial charge < -0.3 is 10.1 Å². The van der Waals surface area contributed by atoms with Crippen LogP contribution in [0.5, 0.6) is 5.88 Å². The molecule has 124 valence electrons. The fourth-order valence-electron chi connectivity index (χ4n) is 3.24. The van der Waals surface area contributed by atoms with Crippen LogP contribution in [0, 0.1) is 28.6 Å². The van der Waals surface area contributed by atoms with E-state index in [1.165, 1.54) is 0 Å². The van der Waals surface area contributed by atoms with E-state index in [1.807, 2.05) is 18.2 Å². The second kappa shape index (κ2) is 5.87. The third kappa shape index (κ3) is 2.33. The fraction of sp³-hybridized carbons (Fsp3) is 0.100. The number of amides is 1. The number of aliphatic imine (C=N–C) groups is 1. The van der Waals surface area contributed by atoms with Crippen molar-refractivity contribution in [2.45, 2.75) is 6.42 Å². The molecule has 26 heavy (non-hydrogen) atoms. The average molecular weight is 340 g/mol. The Morgan fingerprint density at radius 3 is 2.88 bits per heavy atom. The molecule has 2 aromatic rings. The lowest BCUT2D eigenvalue weighted by atomic mass is 9.93. The van der Waals surface area contributed by atoms with Gasteiger partial charge in [0.2, 0.25) is 0 Å². The summed E-state index contributed by atoms with van der Waals surface area (Å²) in [7, 11) is 0. The predicted octanol–water partition coefficient (Wildman–Crippen LogP) is 3.07. The summed E-state index contributed by atoms with van der Waals surface area (Å²) in [6, 6.07) is 11.0. The number of benzene rings is 1. The van der Waals surface area contributed by atoms with E-state index in [0.29, 0.717) is 40.1 Å². The number of fused-ring (bicyclic) bond motifs is 1. The Kier molecular flexibility index (Phi) is 3.53. The number of aromatic amines is 1. The lowest BCUT2D eigenvalue weighted by Gasteiger charge is -2.10. The molecule has 1 aliphatic heterocycles. The molecule has 2 heterocycles. The third-order valence-corrected chi connectivity index (χ3v) is 4.43. The lowest BCUT2D eigenvalue weighted by Crippen LogP contribution is -2.01. The number of aromatic hydroxyl groups is 1. The minimum Gasteiger partial charge on any atom is -0.494 e. The standard InChI is InChI=1S/C20H12N4O2/c21-9-11-3-1-5-13(7-11)17-15-16(20(26)23-17)18(24-19(15)25)14-6-2-4-12(8-14)10-22/h1-3,5-8,12,24-25H,4H2. The summed E-state index contributed by atoms with van der Waals surface area (Å²) in [6.45, 7) is 0. The zero-order valence-corrected chi connectivity index (χ0v) is 13.5. The van der Waals surface area contributed by atoms with Crippen LogP contribution < -0.4 is 0 Å². The Labute approximate surface area is 149 Å². The summed E-state index contributed by atoms with van der Waals surface area (Å²) in [5, 5.41) is 28.6. The summed E-state index contributed by atoms with van der Waals surface area (Å²) in [5.74, 6) is -0.895. The first-order valence-corrected chi connectivity index (χ1v) is 7.99. The number of H-pyrrole nitrogens is 1.